The average molecular weight is 262 g/mol. The number of carbonyl (C=O) groups is 1. The number of nitrogens with one attached hydrogen (secondary N) is 1. The molecule has 1 heterocycles. The highest BCUT2D eigenvalue weighted by Crippen LogP contribution is 2.12. The topological polar surface area (TPSA) is 59.8 Å². The summed E-state index contributed by atoms with van der Waals surface area (Å²) in [6.07, 6.45) is 1.98. The predicted molar refractivity (Wildman–Crippen MR) is 68.9 cm³/mol. The van der Waals surface area contributed by atoms with E-state index in [0.29, 0.717) is 12.4 Å². The molecule has 0 bridgehead atoms. The van der Waals surface area contributed by atoms with Crippen LogP contribution in [0.15, 0.2) is 30.6 Å². The number of carbonyl (C=O) groups excluding carboxylic acids is 1. The van der Waals surface area contributed by atoms with Crippen LogP contribution >= 0.6 is 0 Å². The first kappa shape index (κ1) is 13.2. The molecule has 0 aliphatic heterocycles. The quantitative estimate of drug-likeness (QED) is 0.913. The summed E-state index contributed by atoms with van der Waals surface area (Å²) in [5.41, 5.74) is 0.792. The van der Waals surface area contributed by atoms with Crippen LogP contribution in [-0.4, -0.2) is 20.7 Å². The van der Waals surface area contributed by atoms with E-state index in [1.807, 2.05) is 0 Å². The molecule has 0 spiro atoms. The highest BCUT2D eigenvalue weighted by molar-refractivity contribution is 5.90. The number of aromatic nitrogens is 3. The normalized spacial score (nSPS) is 12.2. The molecule has 0 saturated carbocycles. The molecule has 0 unspecified atom stereocenters. The Hall–Kier alpha value is -2.24. The summed E-state index contributed by atoms with van der Waals surface area (Å²) in [6, 6.07) is 6.26. The fourth-order valence-corrected chi connectivity index (χ4v) is 1.74. The number of aryl methyl sites for hydroxylation is 1. The zero-order valence-electron chi connectivity index (χ0n) is 10.8. The van der Waals surface area contributed by atoms with Gasteiger partial charge >= 0.3 is 0 Å². The monoisotopic (exact) mass is 262 g/mol. The van der Waals surface area contributed by atoms with E-state index in [-0.39, 0.29) is 17.6 Å². The molecule has 0 aliphatic carbocycles. The molecule has 0 saturated heterocycles. The van der Waals surface area contributed by atoms with E-state index in [0.717, 1.165) is 5.56 Å². The van der Waals surface area contributed by atoms with Crippen molar-refractivity contribution < 1.29 is 9.18 Å². The molecule has 1 N–H and O–H groups in total. The molecule has 1 aromatic carbocycles. The Morgan fingerprint density at radius 3 is 2.95 bits per heavy atom. The van der Waals surface area contributed by atoms with Gasteiger partial charge < -0.3 is 4.57 Å². The van der Waals surface area contributed by atoms with Gasteiger partial charge in [-0.3, -0.25) is 10.1 Å². The molecule has 6 heteroatoms. The van der Waals surface area contributed by atoms with E-state index in [1.54, 1.807) is 30.7 Å². The van der Waals surface area contributed by atoms with Crippen molar-refractivity contribution in [2.75, 3.05) is 5.32 Å². The Labute approximate surface area is 110 Å². The minimum atomic E-state index is -0.293. The van der Waals surface area contributed by atoms with Crippen molar-refractivity contribution >= 4 is 11.9 Å². The largest absolute Gasteiger partial charge is 0.303 e. The molecule has 2 aromatic rings. The molecule has 0 fully saturated rings. The van der Waals surface area contributed by atoms with Crippen molar-refractivity contribution in [2.24, 2.45) is 13.0 Å². The van der Waals surface area contributed by atoms with Crippen molar-refractivity contribution in [3.05, 3.63) is 42.0 Å². The molecule has 19 heavy (non-hydrogen) atoms. The highest BCUT2D eigenvalue weighted by Gasteiger charge is 2.15. The number of rotatable bonds is 4. The van der Waals surface area contributed by atoms with E-state index >= 15 is 0 Å². The van der Waals surface area contributed by atoms with Gasteiger partial charge in [-0.1, -0.05) is 19.1 Å². The van der Waals surface area contributed by atoms with E-state index in [9.17, 15) is 9.18 Å². The van der Waals surface area contributed by atoms with Gasteiger partial charge in [-0.05, 0) is 24.1 Å². The van der Waals surface area contributed by atoms with Gasteiger partial charge in [0.1, 0.15) is 12.1 Å². The lowest BCUT2D eigenvalue weighted by Crippen LogP contribution is -2.23. The molecule has 0 radical (unpaired) electrons. The van der Waals surface area contributed by atoms with Gasteiger partial charge in [-0.2, -0.15) is 0 Å². The molecule has 2 rings (SSSR count). The average Bonchev–Trinajstić information content (AvgIpc) is 2.75. The summed E-state index contributed by atoms with van der Waals surface area (Å²) in [5.74, 6) is -0.339. The zero-order chi connectivity index (χ0) is 13.8. The lowest BCUT2D eigenvalue weighted by atomic mass is 10.0. The number of amides is 1. The number of halogens is 1. The Kier molecular flexibility index (Phi) is 3.89. The maximum absolute atomic E-state index is 13.1. The summed E-state index contributed by atoms with van der Waals surface area (Å²) in [7, 11) is 1.74. The minimum Gasteiger partial charge on any atom is -0.303 e. The Balaban J connectivity index is 1.98. The Bertz CT molecular complexity index is 582. The third-order valence-corrected chi connectivity index (χ3v) is 2.82. The van der Waals surface area contributed by atoms with E-state index < -0.39 is 0 Å². The van der Waals surface area contributed by atoms with Gasteiger partial charge in [0.05, 0.1) is 0 Å². The van der Waals surface area contributed by atoms with Crippen LogP contribution in [0, 0.1) is 11.7 Å². The number of hydrogen-bond acceptors (Lipinski definition) is 3. The van der Waals surface area contributed by atoms with Crippen LogP contribution in [0.4, 0.5) is 10.3 Å². The summed E-state index contributed by atoms with van der Waals surface area (Å²) in [6.45, 7) is 1.79. The molecule has 0 aliphatic rings. The molecular formula is C13H15FN4O. The zero-order valence-corrected chi connectivity index (χ0v) is 10.8. The second-order valence-electron chi connectivity index (χ2n) is 4.49. The van der Waals surface area contributed by atoms with Crippen LogP contribution in [0.3, 0.4) is 0 Å². The Morgan fingerprint density at radius 1 is 1.53 bits per heavy atom. The van der Waals surface area contributed by atoms with Gasteiger partial charge in [-0.15, -0.1) is 10.2 Å². The smallest absolute Gasteiger partial charge is 0.230 e. The molecule has 1 atom stereocenters. The first-order valence-corrected chi connectivity index (χ1v) is 5.95. The second kappa shape index (κ2) is 5.60. The van der Waals surface area contributed by atoms with E-state index in [1.165, 1.54) is 18.5 Å². The first-order valence-electron chi connectivity index (χ1n) is 5.95. The molecule has 1 amide bonds. The lowest BCUT2D eigenvalue weighted by Gasteiger charge is -2.11. The fraction of sp³-hybridized carbons (Fsp3) is 0.308. The number of benzene rings is 1. The van der Waals surface area contributed by atoms with Gasteiger partial charge in [-0.25, -0.2) is 4.39 Å². The van der Waals surface area contributed by atoms with E-state index in [4.69, 9.17) is 0 Å². The van der Waals surface area contributed by atoms with Crippen molar-refractivity contribution in [2.45, 2.75) is 13.3 Å². The first-order chi connectivity index (χ1) is 9.06. The van der Waals surface area contributed by atoms with Crippen molar-refractivity contribution in [1.82, 2.24) is 14.8 Å². The van der Waals surface area contributed by atoms with Crippen LogP contribution < -0.4 is 5.32 Å². The van der Waals surface area contributed by atoms with Crippen LogP contribution in [0.2, 0.25) is 0 Å². The molecule has 1 aromatic heterocycles. The summed E-state index contributed by atoms with van der Waals surface area (Å²) in [5, 5.41) is 10.1. The molecule has 100 valence electrons. The van der Waals surface area contributed by atoms with Crippen molar-refractivity contribution in [3.8, 4) is 0 Å². The second-order valence-corrected chi connectivity index (χ2v) is 4.49. The SMILES string of the molecule is C[C@@H](Cc1cccc(F)c1)C(=O)Nc1nncn1C. The van der Waals surface area contributed by atoms with Crippen molar-refractivity contribution in [1.29, 1.82) is 0 Å². The van der Waals surface area contributed by atoms with Crippen LogP contribution in [0.1, 0.15) is 12.5 Å². The molecule has 5 nitrogen and oxygen atoms in total. The van der Waals surface area contributed by atoms with Crippen LogP contribution in [0.5, 0.6) is 0 Å². The third-order valence-electron chi connectivity index (χ3n) is 2.82. The maximum atomic E-state index is 13.1. The van der Waals surface area contributed by atoms with Crippen LogP contribution in [0.25, 0.3) is 0 Å². The highest BCUT2D eigenvalue weighted by atomic mass is 19.1. The van der Waals surface area contributed by atoms with Gasteiger partial charge in [0.25, 0.3) is 0 Å². The van der Waals surface area contributed by atoms with Crippen molar-refractivity contribution in [3.63, 3.8) is 0 Å². The molecular weight excluding hydrogens is 247 g/mol. The summed E-state index contributed by atoms with van der Waals surface area (Å²) >= 11 is 0. The van der Waals surface area contributed by atoms with Crippen LogP contribution in [-0.2, 0) is 18.3 Å². The van der Waals surface area contributed by atoms with Gasteiger partial charge in [0, 0.05) is 13.0 Å². The summed E-state index contributed by atoms with van der Waals surface area (Å²) < 4.78 is 14.7. The fourth-order valence-electron chi connectivity index (χ4n) is 1.74. The maximum Gasteiger partial charge on any atom is 0.230 e. The lowest BCUT2D eigenvalue weighted by molar-refractivity contribution is -0.119. The number of anilines is 1. The standard InChI is InChI=1S/C13H15FN4O/c1-9(6-10-4-3-5-11(14)7-10)12(19)16-13-17-15-8-18(13)2/h3-5,7-9H,6H2,1-2H3,(H,16,17,19)/t9-/m0/s1. The predicted octanol–water partition coefficient (Wildman–Crippen LogP) is 1.77. The third kappa shape index (κ3) is 3.37. The Morgan fingerprint density at radius 2 is 2.32 bits per heavy atom. The van der Waals surface area contributed by atoms with E-state index in [2.05, 4.69) is 15.5 Å². The minimum absolute atomic E-state index is 0.166. The number of nitrogens with zero attached hydrogens (tertiary/aromatic N) is 3. The van der Waals surface area contributed by atoms with Gasteiger partial charge in [0.15, 0.2) is 0 Å². The van der Waals surface area contributed by atoms with Gasteiger partial charge in [0.2, 0.25) is 11.9 Å². The summed E-state index contributed by atoms with van der Waals surface area (Å²) in [4.78, 5) is 12.0. The number of hydrogen-bond donors (Lipinski definition) is 1.